The molecule has 0 radical (unpaired) electrons. The molecule has 0 saturated carbocycles. The van der Waals surface area contributed by atoms with E-state index in [2.05, 4.69) is 4.98 Å². The number of nitrogens with zero attached hydrogens (tertiary/aromatic N) is 3. The van der Waals surface area contributed by atoms with E-state index in [9.17, 15) is 22.4 Å². The normalized spacial score (nSPS) is 17.6. The molecule has 1 aliphatic rings. The lowest BCUT2D eigenvalue weighted by Crippen LogP contribution is -2.52. The number of carbonyl (C=O) groups excluding carboxylic acids is 1. The molecule has 0 N–H and O–H groups in total. The second kappa shape index (κ2) is 8.94. The Kier molecular flexibility index (Phi) is 6.18. The molecule has 1 aliphatic heterocycles. The van der Waals surface area contributed by atoms with Gasteiger partial charge in [0.2, 0.25) is 5.88 Å². The van der Waals surface area contributed by atoms with Crippen LogP contribution in [0.1, 0.15) is 12.0 Å². The molecule has 2 aromatic carbocycles. The van der Waals surface area contributed by atoms with Gasteiger partial charge in [-0.3, -0.25) is 9.80 Å². The minimum absolute atomic E-state index is 0.0182. The Hall–Kier alpha value is -3.66. The molecular weight excluding hydrogens is 454 g/mol. The van der Waals surface area contributed by atoms with Crippen molar-refractivity contribution in [2.75, 3.05) is 30.5 Å². The standard InChI is InChI=1S/C24H21F4N3O3/c1-30(17-11-9-16(25)10-12-17)22(32)31(2)19-7-5-14-29-21(19)34-20-8-4-3-6-18(20)23(13-15-33-23)24(26,27)28/h3-12,14H,13,15H2,1-2H3. The van der Waals surface area contributed by atoms with Crippen LogP contribution in [0, 0.1) is 5.82 Å². The van der Waals surface area contributed by atoms with E-state index < -0.39 is 23.6 Å². The Morgan fingerprint density at radius 1 is 1.03 bits per heavy atom. The van der Waals surface area contributed by atoms with Crippen LogP contribution < -0.4 is 14.5 Å². The zero-order valence-corrected chi connectivity index (χ0v) is 18.3. The largest absolute Gasteiger partial charge is 0.437 e. The lowest BCUT2D eigenvalue weighted by Gasteiger charge is -2.43. The zero-order valence-electron chi connectivity index (χ0n) is 18.3. The summed E-state index contributed by atoms with van der Waals surface area (Å²) in [6, 6.07) is 13.7. The van der Waals surface area contributed by atoms with Gasteiger partial charge < -0.3 is 9.47 Å². The number of rotatable bonds is 5. The van der Waals surface area contributed by atoms with Gasteiger partial charge in [0, 0.05) is 38.0 Å². The molecule has 3 aromatic rings. The van der Waals surface area contributed by atoms with Crippen molar-refractivity contribution in [3.63, 3.8) is 0 Å². The Morgan fingerprint density at radius 2 is 1.71 bits per heavy atom. The van der Waals surface area contributed by atoms with Crippen LogP contribution in [0.5, 0.6) is 11.6 Å². The third kappa shape index (κ3) is 4.16. The van der Waals surface area contributed by atoms with Crippen LogP contribution in [-0.4, -0.2) is 37.9 Å². The van der Waals surface area contributed by atoms with Crippen molar-refractivity contribution in [2.45, 2.75) is 18.2 Å². The van der Waals surface area contributed by atoms with Gasteiger partial charge in [-0.05, 0) is 42.5 Å². The van der Waals surface area contributed by atoms with Gasteiger partial charge in [0.25, 0.3) is 0 Å². The quantitative estimate of drug-likeness (QED) is 0.433. The Balaban J connectivity index is 1.65. The number of para-hydroxylation sites is 1. The Bertz CT molecular complexity index is 1180. The predicted octanol–water partition coefficient (Wildman–Crippen LogP) is 5.88. The third-order valence-corrected chi connectivity index (χ3v) is 5.69. The van der Waals surface area contributed by atoms with Crippen LogP contribution in [0.15, 0.2) is 66.9 Å². The molecule has 0 bridgehead atoms. The highest BCUT2D eigenvalue weighted by Gasteiger charge is 2.62. The molecule has 0 aliphatic carbocycles. The molecule has 34 heavy (non-hydrogen) atoms. The molecule has 2 amide bonds. The van der Waals surface area contributed by atoms with Crippen molar-refractivity contribution in [2.24, 2.45) is 0 Å². The van der Waals surface area contributed by atoms with Crippen LogP contribution in [0.3, 0.4) is 0 Å². The smallest absolute Gasteiger partial charge is 0.421 e. The van der Waals surface area contributed by atoms with Gasteiger partial charge in [0.05, 0.1) is 6.61 Å². The fraction of sp³-hybridized carbons (Fsp3) is 0.250. The number of hydrogen-bond donors (Lipinski definition) is 0. The first kappa shape index (κ1) is 23.5. The highest BCUT2D eigenvalue weighted by molar-refractivity contribution is 6.03. The molecule has 1 unspecified atom stereocenters. The summed E-state index contributed by atoms with van der Waals surface area (Å²) in [6.45, 7) is -0.0182. The highest BCUT2D eigenvalue weighted by Crippen LogP contribution is 2.53. The summed E-state index contributed by atoms with van der Waals surface area (Å²) < 4.78 is 65.7. The first-order valence-corrected chi connectivity index (χ1v) is 10.3. The van der Waals surface area contributed by atoms with Gasteiger partial charge in [-0.1, -0.05) is 18.2 Å². The number of halogens is 4. The van der Waals surface area contributed by atoms with Crippen molar-refractivity contribution >= 4 is 17.4 Å². The lowest BCUT2D eigenvalue weighted by molar-refractivity contribution is -0.333. The first-order valence-electron chi connectivity index (χ1n) is 10.3. The van der Waals surface area contributed by atoms with Crippen molar-refractivity contribution in [3.8, 4) is 11.6 Å². The number of alkyl halides is 3. The van der Waals surface area contributed by atoms with E-state index in [1.807, 2.05) is 0 Å². The molecule has 2 heterocycles. The summed E-state index contributed by atoms with van der Waals surface area (Å²) in [7, 11) is 2.99. The van der Waals surface area contributed by atoms with Gasteiger partial charge >= 0.3 is 12.2 Å². The molecule has 1 saturated heterocycles. The van der Waals surface area contributed by atoms with E-state index in [1.54, 1.807) is 18.2 Å². The van der Waals surface area contributed by atoms with E-state index in [-0.39, 0.29) is 35.9 Å². The predicted molar refractivity (Wildman–Crippen MR) is 118 cm³/mol. The van der Waals surface area contributed by atoms with E-state index in [4.69, 9.17) is 9.47 Å². The summed E-state index contributed by atoms with van der Waals surface area (Å²) in [5.74, 6) is -0.575. The van der Waals surface area contributed by atoms with Crippen molar-refractivity contribution in [1.29, 1.82) is 0 Å². The maximum Gasteiger partial charge on any atom is 0.421 e. The molecule has 1 fully saturated rings. The summed E-state index contributed by atoms with van der Waals surface area (Å²) in [4.78, 5) is 19.7. The number of pyridine rings is 1. The summed E-state index contributed by atoms with van der Waals surface area (Å²) in [5, 5.41) is 0. The molecule has 178 valence electrons. The van der Waals surface area contributed by atoms with E-state index in [1.165, 1.54) is 72.6 Å². The van der Waals surface area contributed by atoms with Gasteiger partial charge in [-0.2, -0.15) is 13.2 Å². The van der Waals surface area contributed by atoms with Crippen LogP contribution >= 0.6 is 0 Å². The maximum absolute atomic E-state index is 13.9. The molecule has 6 nitrogen and oxygen atoms in total. The van der Waals surface area contributed by atoms with Gasteiger partial charge in [0.15, 0.2) is 5.60 Å². The van der Waals surface area contributed by atoms with Crippen LogP contribution in [0.25, 0.3) is 0 Å². The second-order valence-corrected chi connectivity index (χ2v) is 7.73. The number of hydrogen-bond acceptors (Lipinski definition) is 4. The number of anilines is 2. The van der Waals surface area contributed by atoms with E-state index >= 15 is 0 Å². The van der Waals surface area contributed by atoms with Gasteiger partial charge in [-0.25, -0.2) is 14.2 Å². The van der Waals surface area contributed by atoms with Crippen molar-refractivity contribution in [1.82, 2.24) is 4.98 Å². The second-order valence-electron chi connectivity index (χ2n) is 7.73. The average Bonchev–Trinajstić information content (AvgIpc) is 2.78. The highest BCUT2D eigenvalue weighted by atomic mass is 19.4. The Labute approximate surface area is 193 Å². The number of carbonyl (C=O) groups is 1. The molecule has 1 aromatic heterocycles. The van der Waals surface area contributed by atoms with Gasteiger partial charge in [0.1, 0.15) is 17.3 Å². The molecule has 4 rings (SSSR count). The maximum atomic E-state index is 13.9. The number of benzene rings is 2. The molecule has 0 spiro atoms. The topological polar surface area (TPSA) is 54.9 Å². The summed E-state index contributed by atoms with van der Waals surface area (Å²) in [6.07, 6.45) is -3.46. The Morgan fingerprint density at radius 3 is 2.32 bits per heavy atom. The first-order chi connectivity index (χ1) is 16.1. The van der Waals surface area contributed by atoms with Gasteiger partial charge in [-0.15, -0.1) is 0 Å². The fourth-order valence-corrected chi connectivity index (χ4v) is 3.71. The average molecular weight is 475 g/mol. The molecule has 10 heteroatoms. The molecular formula is C24H21F4N3O3. The number of amides is 2. The minimum Gasteiger partial charge on any atom is -0.437 e. The summed E-state index contributed by atoms with van der Waals surface area (Å²) >= 11 is 0. The summed E-state index contributed by atoms with van der Waals surface area (Å²) in [5.41, 5.74) is -1.94. The van der Waals surface area contributed by atoms with Crippen molar-refractivity contribution in [3.05, 3.63) is 78.2 Å². The van der Waals surface area contributed by atoms with Crippen LogP contribution in [0.2, 0.25) is 0 Å². The minimum atomic E-state index is -4.64. The van der Waals surface area contributed by atoms with E-state index in [0.29, 0.717) is 5.69 Å². The number of ether oxygens (including phenoxy) is 2. The van der Waals surface area contributed by atoms with Crippen LogP contribution in [0.4, 0.5) is 33.7 Å². The third-order valence-electron chi connectivity index (χ3n) is 5.69. The van der Waals surface area contributed by atoms with Crippen LogP contribution in [-0.2, 0) is 10.3 Å². The van der Waals surface area contributed by atoms with E-state index in [0.717, 1.165) is 0 Å². The molecule has 1 atom stereocenters. The lowest BCUT2D eigenvalue weighted by atomic mass is 9.85. The zero-order chi connectivity index (χ0) is 24.5. The fourth-order valence-electron chi connectivity index (χ4n) is 3.71. The van der Waals surface area contributed by atoms with Crippen molar-refractivity contribution < 1.29 is 31.8 Å². The number of urea groups is 1. The monoisotopic (exact) mass is 475 g/mol. The SMILES string of the molecule is CN(C(=O)N(C)c1cccnc1Oc1ccccc1C1(C(F)(F)F)CCO1)c1ccc(F)cc1. The number of aromatic nitrogens is 1.